The molecule has 0 aromatic carbocycles. The molecule has 2 amide bonds. The molecular formula is C13H25N3O2. The molecule has 0 aromatic rings. The van der Waals surface area contributed by atoms with Gasteiger partial charge in [-0.2, -0.15) is 0 Å². The van der Waals surface area contributed by atoms with E-state index in [4.69, 9.17) is 11.5 Å². The van der Waals surface area contributed by atoms with Gasteiger partial charge in [-0.1, -0.05) is 13.8 Å². The van der Waals surface area contributed by atoms with Crippen LogP contribution < -0.4 is 11.5 Å². The Kier molecular flexibility index (Phi) is 4.73. The van der Waals surface area contributed by atoms with E-state index in [1.165, 1.54) is 0 Å². The Bertz CT molecular complexity index is 318. The number of likely N-dealkylation sites (N-methyl/N-ethyl adjacent to an activating group) is 1. The van der Waals surface area contributed by atoms with Gasteiger partial charge in [0, 0.05) is 13.1 Å². The second kappa shape index (κ2) is 5.69. The number of hydrogen-bond acceptors (Lipinski definition) is 3. The van der Waals surface area contributed by atoms with Crippen LogP contribution in [0.15, 0.2) is 0 Å². The predicted molar refractivity (Wildman–Crippen MR) is 70.6 cm³/mol. The number of carbonyl (C=O) groups is 2. The van der Waals surface area contributed by atoms with Crippen molar-refractivity contribution in [3.63, 3.8) is 0 Å². The highest BCUT2D eigenvalue weighted by molar-refractivity contribution is 5.87. The van der Waals surface area contributed by atoms with Crippen molar-refractivity contribution in [2.75, 3.05) is 7.05 Å². The summed E-state index contributed by atoms with van der Waals surface area (Å²) in [7, 11) is 1.77. The quantitative estimate of drug-likeness (QED) is 0.771. The summed E-state index contributed by atoms with van der Waals surface area (Å²) in [5.41, 5.74) is 11.1. The van der Waals surface area contributed by atoms with Gasteiger partial charge in [0.05, 0.1) is 12.5 Å². The Balaban J connectivity index is 2.52. The first-order valence-electron chi connectivity index (χ1n) is 6.53. The Morgan fingerprint density at radius 3 is 2.28 bits per heavy atom. The van der Waals surface area contributed by atoms with Crippen LogP contribution in [0.5, 0.6) is 0 Å². The zero-order valence-electron chi connectivity index (χ0n) is 11.6. The molecule has 1 aliphatic rings. The molecule has 1 unspecified atom stereocenters. The fourth-order valence-corrected chi connectivity index (χ4v) is 2.52. The number of carbonyl (C=O) groups excluding carboxylic acids is 2. The number of nitrogens with two attached hydrogens (primary N) is 2. The van der Waals surface area contributed by atoms with Crippen LogP contribution >= 0.6 is 0 Å². The van der Waals surface area contributed by atoms with Crippen molar-refractivity contribution in [2.24, 2.45) is 16.9 Å². The minimum absolute atomic E-state index is 0.0820. The van der Waals surface area contributed by atoms with Gasteiger partial charge in [0.1, 0.15) is 0 Å². The molecule has 1 rings (SSSR count). The molecule has 4 N–H and O–H groups in total. The fourth-order valence-electron chi connectivity index (χ4n) is 2.52. The second-order valence-electron chi connectivity index (χ2n) is 6.12. The number of rotatable bonds is 4. The van der Waals surface area contributed by atoms with Gasteiger partial charge >= 0.3 is 0 Å². The fraction of sp³-hybridized carbons (Fsp3) is 0.846. The highest BCUT2D eigenvalue weighted by atomic mass is 16.2. The van der Waals surface area contributed by atoms with E-state index in [-0.39, 0.29) is 18.4 Å². The summed E-state index contributed by atoms with van der Waals surface area (Å²) < 4.78 is 0. The third-order valence-corrected chi connectivity index (χ3v) is 3.94. The maximum atomic E-state index is 12.0. The van der Waals surface area contributed by atoms with Gasteiger partial charge in [-0.25, -0.2) is 0 Å². The van der Waals surface area contributed by atoms with Gasteiger partial charge in [-0.05, 0) is 31.1 Å². The van der Waals surface area contributed by atoms with Crippen molar-refractivity contribution in [3.05, 3.63) is 0 Å². The Labute approximate surface area is 109 Å². The van der Waals surface area contributed by atoms with Crippen molar-refractivity contribution < 1.29 is 9.59 Å². The number of nitrogens with zero attached hydrogens (tertiary/aromatic N) is 1. The minimum atomic E-state index is -0.803. The van der Waals surface area contributed by atoms with E-state index in [0.717, 1.165) is 25.7 Å². The number of amides is 2. The van der Waals surface area contributed by atoms with Crippen LogP contribution in [0.3, 0.4) is 0 Å². The molecule has 5 heteroatoms. The van der Waals surface area contributed by atoms with E-state index < -0.39 is 11.9 Å². The van der Waals surface area contributed by atoms with E-state index in [2.05, 4.69) is 13.8 Å². The van der Waals surface area contributed by atoms with Gasteiger partial charge in [0.15, 0.2) is 0 Å². The summed E-state index contributed by atoms with van der Waals surface area (Å²) in [5, 5.41) is 0. The topological polar surface area (TPSA) is 89.4 Å². The summed E-state index contributed by atoms with van der Waals surface area (Å²) in [5.74, 6) is -0.715. The average molecular weight is 255 g/mol. The van der Waals surface area contributed by atoms with Crippen LogP contribution in [-0.4, -0.2) is 35.8 Å². The first-order chi connectivity index (χ1) is 8.23. The molecule has 18 heavy (non-hydrogen) atoms. The van der Waals surface area contributed by atoms with E-state index >= 15 is 0 Å². The molecule has 0 aliphatic heterocycles. The highest BCUT2D eigenvalue weighted by Gasteiger charge is 2.32. The second-order valence-corrected chi connectivity index (χ2v) is 6.12. The van der Waals surface area contributed by atoms with Gasteiger partial charge in [-0.3, -0.25) is 9.59 Å². The molecule has 0 aromatic heterocycles. The van der Waals surface area contributed by atoms with Crippen LogP contribution in [0.1, 0.15) is 46.0 Å². The zero-order chi connectivity index (χ0) is 13.9. The van der Waals surface area contributed by atoms with Crippen molar-refractivity contribution in [1.29, 1.82) is 0 Å². The summed E-state index contributed by atoms with van der Waals surface area (Å²) in [4.78, 5) is 24.5. The largest absolute Gasteiger partial charge is 0.370 e. The first-order valence-corrected chi connectivity index (χ1v) is 6.53. The average Bonchev–Trinajstić information content (AvgIpc) is 2.26. The molecule has 1 fully saturated rings. The minimum Gasteiger partial charge on any atom is -0.370 e. The Morgan fingerprint density at radius 2 is 1.83 bits per heavy atom. The molecule has 1 saturated carbocycles. The molecule has 0 bridgehead atoms. The lowest BCUT2D eigenvalue weighted by Gasteiger charge is -2.39. The summed E-state index contributed by atoms with van der Waals surface area (Å²) in [6.07, 6.45) is 4.14. The van der Waals surface area contributed by atoms with Crippen molar-refractivity contribution in [1.82, 2.24) is 4.90 Å². The van der Waals surface area contributed by atoms with Gasteiger partial charge in [-0.15, -0.1) is 0 Å². The highest BCUT2D eigenvalue weighted by Crippen LogP contribution is 2.36. The van der Waals surface area contributed by atoms with Crippen molar-refractivity contribution >= 4 is 11.8 Å². The van der Waals surface area contributed by atoms with Crippen LogP contribution in [0.4, 0.5) is 0 Å². The Hall–Kier alpha value is -1.10. The zero-order valence-corrected chi connectivity index (χ0v) is 11.6. The van der Waals surface area contributed by atoms with Crippen molar-refractivity contribution in [2.45, 2.75) is 58.0 Å². The molecule has 0 radical (unpaired) electrons. The maximum Gasteiger partial charge on any atom is 0.240 e. The lowest BCUT2D eigenvalue weighted by atomic mass is 9.75. The van der Waals surface area contributed by atoms with Crippen LogP contribution in [0.25, 0.3) is 0 Å². The molecule has 0 saturated heterocycles. The maximum absolute atomic E-state index is 12.0. The van der Waals surface area contributed by atoms with Gasteiger partial charge in [0.2, 0.25) is 11.8 Å². The van der Waals surface area contributed by atoms with Gasteiger partial charge in [0.25, 0.3) is 0 Å². The van der Waals surface area contributed by atoms with E-state index in [0.29, 0.717) is 5.41 Å². The predicted octanol–water partition coefficient (Wildman–Crippen LogP) is 0.616. The molecule has 1 aliphatic carbocycles. The lowest BCUT2D eigenvalue weighted by molar-refractivity contribution is -0.136. The van der Waals surface area contributed by atoms with E-state index in [9.17, 15) is 9.59 Å². The molecule has 0 heterocycles. The summed E-state index contributed by atoms with van der Waals surface area (Å²) in [6, 6.07) is -0.563. The molecular weight excluding hydrogens is 230 g/mol. The molecule has 0 spiro atoms. The number of primary amides is 1. The number of hydrogen-bond donors (Lipinski definition) is 2. The smallest absolute Gasteiger partial charge is 0.240 e. The summed E-state index contributed by atoms with van der Waals surface area (Å²) in [6.45, 7) is 4.51. The molecule has 104 valence electrons. The molecule has 1 atom stereocenters. The lowest BCUT2D eigenvalue weighted by Crippen LogP contribution is -2.49. The van der Waals surface area contributed by atoms with Crippen LogP contribution in [-0.2, 0) is 9.59 Å². The van der Waals surface area contributed by atoms with Gasteiger partial charge < -0.3 is 16.4 Å². The standard InChI is InChI=1S/C13H25N3O2/c1-13(2)6-4-9(5-7-13)16(3)12(18)10(14)8-11(15)17/h9-10H,4-8,14H2,1-3H3,(H2,15,17). The molecule has 5 nitrogen and oxygen atoms in total. The van der Waals surface area contributed by atoms with E-state index in [1.54, 1.807) is 11.9 Å². The Morgan fingerprint density at radius 1 is 1.33 bits per heavy atom. The SMILES string of the molecule is CN(C(=O)C(N)CC(N)=O)C1CCC(C)(C)CC1. The van der Waals surface area contributed by atoms with Crippen LogP contribution in [0.2, 0.25) is 0 Å². The normalized spacial score (nSPS) is 21.3. The third-order valence-electron chi connectivity index (χ3n) is 3.94. The monoisotopic (exact) mass is 255 g/mol. The third kappa shape index (κ3) is 3.98. The summed E-state index contributed by atoms with van der Waals surface area (Å²) >= 11 is 0. The first kappa shape index (κ1) is 15.0. The van der Waals surface area contributed by atoms with E-state index in [1.807, 2.05) is 0 Å². The van der Waals surface area contributed by atoms with Crippen LogP contribution in [0, 0.1) is 5.41 Å². The van der Waals surface area contributed by atoms with Crippen molar-refractivity contribution in [3.8, 4) is 0 Å².